The fourth-order valence-electron chi connectivity index (χ4n) is 3.50. The second-order valence-corrected chi connectivity index (χ2v) is 9.85. The molecule has 192 valence electrons. The molecule has 0 aliphatic rings. The lowest BCUT2D eigenvalue weighted by Crippen LogP contribution is -2.20. The summed E-state index contributed by atoms with van der Waals surface area (Å²) in [7, 11) is 4.64. The molecule has 0 radical (unpaired) electrons. The van der Waals surface area contributed by atoms with Crippen LogP contribution in [0.25, 0.3) is 11.4 Å². The van der Waals surface area contributed by atoms with Crippen LogP contribution in [-0.2, 0) is 16.8 Å². The molecule has 10 heteroatoms. The number of carbonyl (C=O) groups excluding carboxylic acids is 1. The van der Waals surface area contributed by atoms with Crippen molar-refractivity contribution in [2.45, 2.75) is 44.8 Å². The SMILES string of the molecule is CCn1c(SCC(=O)NN=Cc2cc(OC)c(OC)cc2OC)nnc1-c1ccc(C(C)(C)C)cc1. The number of hydrogen-bond acceptors (Lipinski definition) is 8. The van der Waals surface area contributed by atoms with Crippen molar-refractivity contribution in [3.63, 3.8) is 0 Å². The number of benzene rings is 2. The van der Waals surface area contributed by atoms with Crippen LogP contribution in [-0.4, -0.2) is 54.0 Å². The summed E-state index contributed by atoms with van der Waals surface area (Å²) in [6, 6.07) is 11.8. The number of carbonyl (C=O) groups is 1. The van der Waals surface area contributed by atoms with Crippen molar-refractivity contribution in [1.29, 1.82) is 0 Å². The maximum Gasteiger partial charge on any atom is 0.250 e. The largest absolute Gasteiger partial charge is 0.496 e. The maximum atomic E-state index is 12.4. The highest BCUT2D eigenvalue weighted by atomic mass is 32.2. The van der Waals surface area contributed by atoms with Gasteiger partial charge < -0.3 is 18.8 Å². The van der Waals surface area contributed by atoms with Gasteiger partial charge in [0.1, 0.15) is 5.75 Å². The van der Waals surface area contributed by atoms with Gasteiger partial charge in [-0.1, -0.05) is 56.8 Å². The van der Waals surface area contributed by atoms with Gasteiger partial charge in [-0.2, -0.15) is 5.10 Å². The molecule has 2 aromatic carbocycles. The van der Waals surface area contributed by atoms with Crippen LogP contribution in [0.2, 0.25) is 0 Å². The number of nitrogens with one attached hydrogen (secondary N) is 1. The van der Waals surface area contributed by atoms with Crippen molar-refractivity contribution in [3.8, 4) is 28.6 Å². The zero-order chi connectivity index (χ0) is 26.3. The van der Waals surface area contributed by atoms with Gasteiger partial charge in [0.25, 0.3) is 5.91 Å². The van der Waals surface area contributed by atoms with Crippen LogP contribution in [0.4, 0.5) is 0 Å². The molecule has 0 unspecified atom stereocenters. The highest BCUT2D eigenvalue weighted by Crippen LogP contribution is 2.33. The fraction of sp³-hybridized carbons (Fsp3) is 0.385. The van der Waals surface area contributed by atoms with E-state index in [1.54, 1.807) is 33.5 Å². The first kappa shape index (κ1) is 27.1. The van der Waals surface area contributed by atoms with Gasteiger partial charge in [0.2, 0.25) is 0 Å². The monoisotopic (exact) mass is 511 g/mol. The van der Waals surface area contributed by atoms with Gasteiger partial charge in [-0.05, 0) is 24.0 Å². The Balaban J connectivity index is 1.65. The first-order valence-electron chi connectivity index (χ1n) is 11.5. The summed E-state index contributed by atoms with van der Waals surface area (Å²) in [5.74, 6) is 2.26. The Hall–Kier alpha value is -3.53. The molecule has 0 atom stereocenters. The van der Waals surface area contributed by atoms with Gasteiger partial charge in [0.15, 0.2) is 22.5 Å². The third kappa shape index (κ3) is 6.37. The third-order valence-corrected chi connectivity index (χ3v) is 6.47. The van der Waals surface area contributed by atoms with Gasteiger partial charge >= 0.3 is 0 Å². The van der Waals surface area contributed by atoms with Crippen LogP contribution in [0.1, 0.15) is 38.8 Å². The number of hydrogen-bond donors (Lipinski definition) is 1. The standard InChI is InChI=1S/C26H33N5O4S/c1-8-31-24(17-9-11-19(12-10-17)26(2,3)4)29-30-25(31)36-16-23(32)28-27-15-18-13-21(34-6)22(35-7)14-20(18)33-5/h9-15H,8,16H2,1-7H3,(H,28,32). The number of ether oxygens (including phenoxy) is 3. The van der Waals surface area contributed by atoms with E-state index in [9.17, 15) is 4.79 Å². The van der Waals surface area contributed by atoms with Gasteiger partial charge in [0.05, 0.1) is 33.3 Å². The highest BCUT2D eigenvalue weighted by Gasteiger charge is 2.17. The van der Waals surface area contributed by atoms with E-state index >= 15 is 0 Å². The lowest BCUT2D eigenvalue weighted by molar-refractivity contribution is -0.118. The number of nitrogens with zero attached hydrogens (tertiary/aromatic N) is 4. The minimum absolute atomic E-state index is 0.0817. The van der Waals surface area contributed by atoms with Gasteiger partial charge in [-0.3, -0.25) is 4.79 Å². The Morgan fingerprint density at radius 3 is 2.25 bits per heavy atom. The van der Waals surface area contributed by atoms with Crippen LogP contribution in [0, 0.1) is 0 Å². The molecule has 0 fully saturated rings. The first-order chi connectivity index (χ1) is 17.2. The summed E-state index contributed by atoms with van der Waals surface area (Å²) in [4.78, 5) is 12.4. The minimum atomic E-state index is -0.266. The average molecular weight is 512 g/mol. The lowest BCUT2D eigenvalue weighted by Gasteiger charge is -2.19. The van der Waals surface area contributed by atoms with Crippen molar-refractivity contribution in [1.82, 2.24) is 20.2 Å². The van der Waals surface area contributed by atoms with Crippen molar-refractivity contribution >= 4 is 23.9 Å². The lowest BCUT2D eigenvalue weighted by atomic mass is 9.87. The van der Waals surface area contributed by atoms with E-state index in [4.69, 9.17) is 14.2 Å². The Kier molecular flexibility index (Phi) is 8.98. The van der Waals surface area contributed by atoms with E-state index in [1.807, 2.05) is 11.5 Å². The Morgan fingerprint density at radius 1 is 1.03 bits per heavy atom. The summed E-state index contributed by atoms with van der Waals surface area (Å²) in [5.41, 5.74) is 5.50. The molecule has 0 bridgehead atoms. The van der Waals surface area contributed by atoms with Crippen molar-refractivity contribution in [3.05, 3.63) is 47.5 Å². The number of hydrazone groups is 1. The minimum Gasteiger partial charge on any atom is -0.496 e. The molecule has 1 heterocycles. The Labute approximate surface area is 216 Å². The summed E-state index contributed by atoms with van der Waals surface area (Å²) >= 11 is 1.31. The second kappa shape index (κ2) is 11.9. The van der Waals surface area contributed by atoms with Crippen molar-refractivity contribution in [2.75, 3.05) is 27.1 Å². The topological polar surface area (TPSA) is 99.9 Å². The van der Waals surface area contributed by atoms with Crippen LogP contribution < -0.4 is 19.6 Å². The Bertz CT molecular complexity index is 1220. The van der Waals surface area contributed by atoms with E-state index in [2.05, 4.69) is 65.8 Å². The van der Waals surface area contributed by atoms with Gasteiger partial charge in [0, 0.05) is 23.7 Å². The zero-order valence-corrected chi connectivity index (χ0v) is 22.6. The molecule has 1 aromatic heterocycles. The molecule has 9 nitrogen and oxygen atoms in total. The predicted octanol–water partition coefficient (Wildman–Crippen LogP) is 4.53. The third-order valence-electron chi connectivity index (χ3n) is 5.50. The summed E-state index contributed by atoms with van der Waals surface area (Å²) < 4.78 is 18.0. The summed E-state index contributed by atoms with van der Waals surface area (Å²) in [5, 5.41) is 13.4. The maximum absolute atomic E-state index is 12.4. The fourth-order valence-corrected chi connectivity index (χ4v) is 4.30. The normalized spacial score (nSPS) is 11.5. The molecule has 0 spiro atoms. The summed E-state index contributed by atoms with van der Waals surface area (Å²) in [6.45, 7) is 9.27. The second-order valence-electron chi connectivity index (χ2n) is 8.91. The van der Waals surface area contributed by atoms with E-state index < -0.39 is 0 Å². The molecule has 3 rings (SSSR count). The number of aromatic nitrogens is 3. The van der Waals surface area contributed by atoms with E-state index in [-0.39, 0.29) is 17.1 Å². The van der Waals surface area contributed by atoms with E-state index in [1.165, 1.54) is 23.5 Å². The molecule has 0 aliphatic heterocycles. The zero-order valence-electron chi connectivity index (χ0n) is 21.8. The van der Waals surface area contributed by atoms with Crippen molar-refractivity contribution in [2.24, 2.45) is 5.10 Å². The van der Waals surface area contributed by atoms with Crippen molar-refractivity contribution < 1.29 is 19.0 Å². The highest BCUT2D eigenvalue weighted by molar-refractivity contribution is 7.99. The molecule has 0 saturated carbocycles. The number of thioether (sulfide) groups is 1. The van der Waals surface area contributed by atoms with Crippen LogP contribution >= 0.6 is 11.8 Å². The molecule has 36 heavy (non-hydrogen) atoms. The van der Waals surface area contributed by atoms with E-state index in [0.717, 1.165) is 11.4 Å². The number of methoxy groups -OCH3 is 3. The molecule has 0 saturated heterocycles. The van der Waals surface area contributed by atoms with Gasteiger partial charge in [-0.15, -0.1) is 10.2 Å². The Morgan fingerprint density at radius 2 is 1.67 bits per heavy atom. The quantitative estimate of drug-likeness (QED) is 0.242. The molecule has 3 aromatic rings. The van der Waals surface area contributed by atoms with Crippen LogP contribution in [0.15, 0.2) is 46.7 Å². The van der Waals surface area contributed by atoms with Gasteiger partial charge in [-0.25, -0.2) is 5.43 Å². The van der Waals surface area contributed by atoms with Crippen LogP contribution in [0.5, 0.6) is 17.2 Å². The average Bonchev–Trinajstić information content (AvgIpc) is 3.29. The smallest absolute Gasteiger partial charge is 0.250 e. The molecular formula is C26H33N5O4S. The number of rotatable bonds is 10. The number of amides is 1. The molecular weight excluding hydrogens is 478 g/mol. The molecule has 0 aliphatic carbocycles. The summed E-state index contributed by atoms with van der Waals surface area (Å²) in [6.07, 6.45) is 1.50. The molecule has 1 N–H and O–H groups in total. The first-order valence-corrected chi connectivity index (χ1v) is 12.5. The predicted molar refractivity (Wildman–Crippen MR) is 142 cm³/mol. The van der Waals surface area contributed by atoms with E-state index in [0.29, 0.717) is 34.5 Å². The molecule has 1 amide bonds. The van der Waals surface area contributed by atoms with Crippen LogP contribution in [0.3, 0.4) is 0 Å².